The Morgan fingerprint density at radius 2 is 1.62 bits per heavy atom. The first-order chi connectivity index (χ1) is 12.6. The molecule has 2 aromatic carbocycles. The zero-order valence-electron chi connectivity index (χ0n) is 13.4. The third-order valence-corrected chi connectivity index (χ3v) is 3.94. The fourth-order valence-corrected chi connectivity index (χ4v) is 2.64. The van der Waals surface area contributed by atoms with Crippen LogP contribution in [0.15, 0.2) is 60.9 Å². The Morgan fingerprint density at radius 1 is 0.962 bits per heavy atom. The van der Waals surface area contributed by atoms with Crippen molar-refractivity contribution < 1.29 is 19.2 Å². The van der Waals surface area contributed by atoms with Gasteiger partial charge in [-0.15, -0.1) is 5.10 Å². The maximum atomic E-state index is 12.3. The predicted octanol–water partition coefficient (Wildman–Crippen LogP) is 1.69. The van der Waals surface area contributed by atoms with Gasteiger partial charge in [0.25, 0.3) is 11.8 Å². The fraction of sp³-hybridized carbons (Fsp3) is 0.0556. The van der Waals surface area contributed by atoms with E-state index in [9.17, 15) is 14.4 Å². The van der Waals surface area contributed by atoms with Crippen LogP contribution in [0.3, 0.4) is 0 Å². The summed E-state index contributed by atoms with van der Waals surface area (Å²) in [4.78, 5) is 41.7. The van der Waals surface area contributed by atoms with Crippen molar-refractivity contribution in [2.24, 2.45) is 0 Å². The molecule has 0 unspecified atom stereocenters. The van der Waals surface area contributed by atoms with Crippen molar-refractivity contribution in [1.29, 1.82) is 0 Å². The smallest absolute Gasteiger partial charge is 0.324 e. The van der Waals surface area contributed by atoms with E-state index in [1.54, 1.807) is 53.5 Å². The Kier molecular flexibility index (Phi) is 3.77. The Labute approximate surface area is 147 Å². The molecule has 26 heavy (non-hydrogen) atoms. The second kappa shape index (κ2) is 6.25. The molecule has 2 amide bonds. The molecule has 3 aromatic rings. The third kappa shape index (κ3) is 2.73. The molecule has 0 N–H and O–H groups in total. The number of hydrogen-bond donors (Lipinski definition) is 0. The number of carbonyl (C=O) groups is 3. The van der Waals surface area contributed by atoms with Gasteiger partial charge in [0, 0.05) is 6.20 Å². The number of imide groups is 1. The number of benzene rings is 2. The number of rotatable bonds is 4. The van der Waals surface area contributed by atoms with Crippen LogP contribution >= 0.6 is 0 Å². The number of hydroxylamine groups is 2. The molecule has 0 atom stereocenters. The number of amides is 2. The lowest BCUT2D eigenvalue weighted by Crippen LogP contribution is -2.32. The van der Waals surface area contributed by atoms with Gasteiger partial charge in [0.1, 0.15) is 0 Å². The monoisotopic (exact) mass is 348 g/mol. The van der Waals surface area contributed by atoms with Crippen LogP contribution in [-0.4, -0.2) is 37.8 Å². The zero-order chi connectivity index (χ0) is 18.1. The van der Waals surface area contributed by atoms with Crippen molar-refractivity contribution in [2.75, 3.05) is 0 Å². The van der Waals surface area contributed by atoms with E-state index in [1.165, 1.54) is 12.1 Å². The Bertz CT molecular complexity index is 961. The minimum absolute atomic E-state index is 0.216. The van der Waals surface area contributed by atoms with Gasteiger partial charge in [-0.3, -0.25) is 9.59 Å². The largest absolute Gasteiger partial charge is 0.363 e. The Balaban J connectivity index is 1.47. The summed E-state index contributed by atoms with van der Waals surface area (Å²) in [6.07, 6.45) is 3.30. The molecule has 0 bridgehead atoms. The second-order valence-electron chi connectivity index (χ2n) is 5.63. The van der Waals surface area contributed by atoms with Crippen LogP contribution in [0.2, 0.25) is 0 Å². The summed E-state index contributed by atoms with van der Waals surface area (Å²) < 4.78 is 1.64. The number of fused-ring (bicyclic) bond motifs is 1. The van der Waals surface area contributed by atoms with Gasteiger partial charge in [0.15, 0.2) is 0 Å². The van der Waals surface area contributed by atoms with Crippen LogP contribution in [-0.2, 0) is 11.4 Å². The molecule has 2 heterocycles. The predicted molar refractivity (Wildman–Crippen MR) is 87.9 cm³/mol. The second-order valence-corrected chi connectivity index (χ2v) is 5.63. The van der Waals surface area contributed by atoms with E-state index in [1.807, 2.05) is 0 Å². The lowest BCUT2D eigenvalue weighted by Gasteiger charge is -2.12. The normalized spacial score (nSPS) is 13.0. The highest BCUT2D eigenvalue weighted by atomic mass is 16.7. The molecule has 0 aliphatic carbocycles. The molecule has 0 fully saturated rings. The minimum Gasteiger partial charge on any atom is -0.324 e. The van der Waals surface area contributed by atoms with Gasteiger partial charge in [-0.2, -0.15) is 0 Å². The van der Waals surface area contributed by atoms with Gasteiger partial charge in [0.2, 0.25) is 0 Å². The van der Waals surface area contributed by atoms with E-state index >= 15 is 0 Å². The summed E-state index contributed by atoms with van der Waals surface area (Å²) in [5, 5.41) is 8.09. The van der Waals surface area contributed by atoms with Crippen LogP contribution in [0.25, 0.3) is 0 Å². The zero-order valence-corrected chi connectivity index (χ0v) is 13.4. The van der Waals surface area contributed by atoms with Crippen LogP contribution < -0.4 is 0 Å². The summed E-state index contributed by atoms with van der Waals surface area (Å²) in [6, 6.07) is 12.9. The Hall–Kier alpha value is -3.81. The number of nitrogens with zero attached hydrogens (tertiary/aromatic N) is 4. The van der Waals surface area contributed by atoms with E-state index in [4.69, 9.17) is 4.84 Å². The van der Waals surface area contributed by atoms with E-state index in [0.717, 1.165) is 5.56 Å². The molecule has 8 nitrogen and oxygen atoms in total. The molecular weight excluding hydrogens is 336 g/mol. The highest BCUT2D eigenvalue weighted by Crippen LogP contribution is 2.23. The molecular formula is C18H12N4O4. The quantitative estimate of drug-likeness (QED) is 0.666. The highest BCUT2D eigenvalue weighted by molar-refractivity contribution is 6.21. The maximum absolute atomic E-state index is 12.3. The number of hydrogen-bond acceptors (Lipinski definition) is 6. The molecule has 0 saturated heterocycles. The molecule has 8 heteroatoms. The highest BCUT2D eigenvalue weighted by Gasteiger charge is 2.38. The molecule has 1 aliphatic heterocycles. The lowest BCUT2D eigenvalue weighted by molar-refractivity contribution is -0.0584. The van der Waals surface area contributed by atoms with Gasteiger partial charge in [0.05, 0.1) is 29.4 Å². The van der Waals surface area contributed by atoms with Crippen LogP contribution in [0.4, 0.5) is 0 Å². The SMILES string of the molecule is O=C(ON1C(=O)c2ccccc2C1=O)c1ccc(Cn2ccnn2)cc1. The first kappa shape index (κ1) is 15.7. The van der Waals surface area contributed by atoms with E-state index in [2.05, 4.69) is 10.3 Å². The van der Waals surface area contributed by atoms with Crippen molar-refractivity contribution >= 4 is 17.8 Å². The molecule has 4 rings (SSSR count). The van der Waals surface area contributed by atoms with Gasteiger partial charge in [-0.25, -0.2) is 9.48 Å². The fourth-order valence-electron chi connectivity index (χ4n) is 2.64. The van der Waals surface area contributed by atoms with Gasteiger partial charge in [-0.05, 0) is 29.8 Å². The number of carbonyl (C=O) groups excluding carboxylic acids is 3. The minimum atomic E-state index is -0.785. The van der Waals surface area contributed by atoms with Crippen LogP contribution in [0.5, 0.6) is 0 Å². The molecule has 1 aliphatic rings. The summed E-state index contributed by atoms with van der Waals surface area (Å²) >= 11 is 0. The van der Waals surface area contributed by atoms with Gasteiger partial charge < -0.3 is 4.84 Å². The van der Waals surface area contributed by atoms with Gasteiger partial charge >= 0.3 is 5.97 Å². The summed E-state index contributed by atoms with van der Waals surface area (Å²) in [5.41, 5.74) is 1.57. The first-order valence-electron chi connectivity index (χ1n) is 7.76. The molecule has 128 valence electrons. The maximum Gasteiger partial charge on any atom is 0.363 e. The molecule has 0 saturated carbocycles. The van der Waals surface area contributed by atoms with Crippen molar-refractivity contribution in [1.82, 2.24) is 20.1 Å². The third-order valence-electron chi connectivity index (χ3n) is 3.94. The van der Waals surface area contributed by atoms with Crippen LogP contribution in [0, 0.1) is 0 Å². The van der Waals surface area contributed by atoms with E-state index in [0.29, 0.717) is 11.6 Å². The molecule has 0 spiro atoms. The van der Waals surface area contributed by atoms with E-state index in [-0.39, 0.29) is 16.7 Å². The van der Waals surface area contributed by atoms with Crippen molar-refractivity contribution in [3.05, 3.63) is 83.2 Å². The average molecular weight is 348 g/mol. The van der Waals surface area contributed by atoms with E-state index < -0.39 is 17.8 Å². The summed E-state index contributed by atoms with van der Waals surface area (Å²) in [7, 11) is 0. The topological polar surface area (TPSA) is 94.4 Å². The summed E-state index contributed by atoms with van der Waals surface area (Å²) in [5.74, 6) is -2.09. The van der Waals surface area contributed by atoms with Crippen molar-refractivity contribution in [2.45, 2.75) is 6.54 Å². The average Bonchev–Trinajstić information content (AvgIpc) is 3.25. The Morgan fingerprint density at radius 3 is 2.19 bits per heavy atom. The summed E-state index contributed by atoms with van der Waals surface area (Å²) in [6.45, 7) is 0.508. The first-order valence-corrected chi connectivity index (χ1v) is 7.76. The molecule has 1 aromatic heterocycles. The van der Waals surface area contributed by atoms with Crippen molar-refractivity contribution in [3.8, 4) is 0 Å². The van der Waals surface area contributed by atoms with Crippen molar-refractivity contribution in [3.63, 3.8) is 0 Å². The standard InChI is InChI=1S/C18H12N4O4/c23-16-14-3-1-2-4-15(14)17(24)22(16)26-18(25)13-7-5-12(6-8-13)11-21-10-9-19-20-21/h1-10H,11H2. The lowest BCUT2D eigenvalue weighted by atomic mass is 10.1. The van der Waals surface area contributed by atoms with Gasteiger partial charge in [-0.1, -0.05) is 34.5 Å². The van der Waals surface area contributed by atoms with Crippen LogP contribution in [0.1, 0.15) is 36.6 Å². The molecule has 0 radical (unpaired) electrons. The number of aromatic nitrogens is 3.